The van der Waals surface area contributed by atoms with E-state index in [9.17, 15) is 13.2 Å². The molecule has 2 saturated heterocycles. The summed E-state index contributed by atoms with van der Waals surface area (Å²) in [5, 5.41) is 2.85. The Morgan fingerprint density at radius 2 is 2.12 bits per heavy atom. The summed E-state index contributed by atoms with van der Waals surface area (Å²) < 4.78 is 43.3. The lowest BCUT2D eigenvalue weighted by atomic mass is 10.1. The molecular formula is C10H17F3N2O. The van der Waals surface area contributed by atoms with Crippen LogP contribution in [0.1, 0.15) is 6.42 Å². The van der Waals surface area contributed by atoms with Crippen molar-refractivity contribution in [3.63, 3.8) is 0 Å². The molecule has 6 heteroatoms. The van der Waals surface area contributed by atoms with Crippen LogP contribution in [0, 0.1) is 5.92 Å². The van der Waals surface area contributed by atoms with Gasteiger partial charge in [-0.15, -0.1) is 0 Å². The molecule has 0 amide bonds. The maximum atomic E-state index is 12.7. The molecule has 2 aliphatic heterocycles. The van der Waals surface area contributed by atoms with E-state index in [0.717, 1.165) is 6.42 Å². The third kappa shape index (κ3) is 2.87. The molecule has 0 aromatic heterocycles. The van der Waals surface area contributed by atoms with Gasteiger partial charge >= 0.3 is 6.18 Å². The number of alkyl halides is 3. The summed E-state index contributed by atoms with van der Waals surface area (Å²) in [5.74, 6) is -1.25. The topological polar surface area (TPSA) is 24.5 Å². The first-order valence-corrected chi connectivity index (χ1v) is 5.66. The molecule has 0 aromatic rings. The Morgan fingerprint density at radius 1 is 1.31 bits per heavy atom. The quantitative estimate of drug-likeness (QED) is 0.733. The van der Waals surface area contributed by atoms with Gasteiger partial charge in [0.25, 0.3) is 0 Å². The summed E-state index contributed by atoms with van der Waals surface area (Å²) in [6, 6.07) is 0.171. The lowest BCUT2D eigenvalue weighted by Crippen LogP contribution is -2.43. The first kappa shape index (κ1) is 12.1. The molecule has 0 radical (unpaired) electrons. The lowest BCUT2D eigenvalue weighted by molar-refractivity contribution is -0.176. The largest absolute Gasteiger partial charge is 0.394 e. The minimum atomic E-state index is -4.10. The zero-order chi connectivity index (χ0) is 11.6. The van der Waals surface area contributed by atoms with Gasteiger partial charge in [0.05, 0.1) is 12.5 Å². The second-order valence-electron chi connectivity index (χ2n) is 4.46. The summed E-state index contributed by atoms with van der Waals surface area (Å²) in [5.41, 5.74) is 0. The minimum absolute atomic E-state index is 0.0353. The van der Waals surface area contributed by atoms with Crippen LogP contribution in [0.5, 0.6) is 0 Å². The molecule has 0 spiro atoms. The molecule has 0 bridgehead atoms. The maximum Gasteiger partial charge on any atom is 0.394 e. The molecule has 16 heavy (non-hydrogen) atoms. The van der Waals surface area contributed by atoms with E-state index in [1.165, 1.54) is 0 Å². The Balaban J connectivity index is 1.97. The fraction of sp³-hybridized carbons (Fsp3) is 1.00. The number of hydrogen-bond donors (Lipinski definition) is 1. The van der Waals surface area contributed by atoms with Crippen molar-refractivity contribution >= 4 is 0 Å². The number of ether oxygens (including phenoxy) is 1. The number of nitrogens with one attached hydrogen (secondary N) is 1. The molecule has 0 aromatic carbocycles. The summed E-state index contributed by atoms with van der Waals surface area (Å²) in [6.45, 7) is 2.69. The van der Waals surface area contributed by atoms with E-state index in [0.29, 0.717) is 26.3 Å². The maximum absolute atomic E-state index is 12.7. The number of nitrogens with zero attached hydrogens (tertiary/aromatic N) is 1. The van der Waals surface area contributed by atoms with Crippen LogP contribution < -0.4 is 5.32 Å². The second-order valence-corrected chi connectivity index (χ2v) is 4.46. The van der Waals surface area contributed by atoms with Gasteiger partial charge in [0.2, 0.25) is 0 Å². The highest BCUT2D eigenvalue weighted by Gasteiger charge is 2.42. The number of halogens is 3. The number of hydrogen-bond acceptors (Lipinski definition) is 3. The van der Waals surface area contributed by atoms with Gasteiger partial charge in [-0.2, -0.15) is 13.2 Å². The van der Waals surface area contributed by atoms with Crippen molar-refractivity contribution in [2.75, 3.05) is 39.4 Å². The first-order chi connectivity index (χ1) is 7.57. The number of rotatable bonds is 1. The SMILES string of the molecule is FC(F)(F)C1CNCCN(C2CCOC2)C1. The van der Waals surface area contributed by atoms with Crippen molar-refractivity contribution in [3.8, 4) is 0 Å². The van der Waals surface area contributed by atoms with E-state index in [1.54, 1.807) is 0 Å². The molecule has 3 nitrogen and oxygen atoms in total. The Morgan fingerprint density at radius 3 is 2.75 bits per heavy atom. The van der Waals surface area contributed by atoms with Gasteiger partial charge in [-0.05, 0) is 6.42 Å². The van der Waals surface area contributed by atoms with Crippen LogP contribution in [0.2, 0.25) is 0 Å². The minimum Gasteiger partial charge on any atom is -0.380 e. The van der Waals surface area contributed by atoms with Crippen LogP contribution in [-0.4, -0.2) is 56.5 Å². The smallest absolute Gasteiger partial charge is 0.380 e. The van der Waals surface area contributed by atoms with E-state index in [2.05, 4.69) is 5.32 Å². The van der Waals surface area contributed by atoms with Crippen molar-refractivity contribution in [1.29, 1.82) is 0 Å². The third-order valence-electron chi connectivity index (χ3n) is 3.31. The molecule has 2 unspecified atom stereocenters. The van der Waals surface area contributed by atoms with Gasteiger partial charge in [0.1, 0.15) is 0 Å². The Bertz CT molecular complexity index is 229. The average Bonchev–Trinajstić information content (AvgIpc) is 2.60. The van der Waals surface area contributed by atoms with Gasteiger partial charge in [-0.3, -0.25) is 4.90 Å². The molecule has 0 aliphatic carbocycles. The highest BCUT2D eigenvalue weighted by molar-refractivity contribution is 4.84. The van der Waals surface area contributed by atoms with Crippen LogP contribution in [0.3, 0.4) is 0 Å². The van der Waals surface area contributed by atoms with Crippen LogP contribution in [-0.2, 0) is 4.74 Å². The molecule has 2 atom stereocenters. The second kappa shape index (κ2) is 4.89. The zero-order valence-electron chi connectivity index (χ0n) is 9.09. The van der Waals surface area contributed by atoms with Gasteiger partial charge < -0.3 is 10.1 Å². The lowest BCUT2D eigenvalue weighted by Gasteiger charge is -2.29. The molecule has 2 rings (SSSR count). The van der Waals surface area contributed by atoms with Crippen molar-refractivity contribution < 1.29 is 17.9 Å². The third-order valence-corrected chi connectivity index (χ3v) is 3.31. The zero-order valence-corrected chi connectivity index (χ0v) is 9.09. The predicted octanol–water partition coefficient (Wildman–Crippen LogP) is 0.859. The highest BCUT2D eigenvalue weighted by Crippen LogP contribution is 2.28. The normalized spacial score (nSPS) is 33.9. The summed E-state index contributed by atoms with van der Waals surface area (Å²) >= 11 is 0. The monoisotopic (exact) mass is 238 g/mol. The van der Waals surface area contributed by atoms with Crippen molar-refractivity contribution in [2.45, 2.75) is 18.6 Å². The van der Waals surface area contributed by atoms with Gasteiger partial charge in [0.15, 0.2) is 0 Å². The Hall–Kier alpha value is -0.330. The molecule has 2 aliphatic rings. The van der Waals surface area contributed by atoms with Gasteiger partial charge in [-0.1, -0.05) is 0 Å². The first-order valence-electron chi connectivity index (χ1n) is 5.66. The molecule has 2 fully saturated rings. The van der Waals surface area contributed by atoms with E-state index in [1.807, 2.05) is 4.90 Å². The Labute approximate surface area is 92.9 Å². The molecule has 94 valence electrons. The molecular weight excluding hydrogens is 221 g/mol. The summed E-state index contributed by atoms with van der Waals surface area (Å²) in [7, 11) is 0. The fourth-order valence-electron chi connectivity index (χ4n) is 2.30. The highest BCUT2D eigenvalue weighted by atomic mass is 19.4. The standard InChI is InChI=1S/C10H17F3N2O/c11-10(12,13)8-5-14-2-3-15(6-8)9-1-4-16-7-9/h8-9,14H,1-7H2. The van der Waals surface area contributed by atoms with E-state index >= 15 is 0 Å². The van der Waals surface area contributed by atoms with Gasteiger partial charge in [-0.25, -0.2) is 0 Å². The van der Waals surface area contributed by atoms with Crippen LogP contribution in [0.4, 0.5) is 13.2 Å². The van der Waals surface area contributed by atoms with Gasteiger partial charge in [0, 0.05) is 38.8 Å². The summed E-state index contributed by atoms with van der Waals surface area (Å²) in [6.07, 6.45) is -3.25. The fourth-order valence-corrected chi connectivity index (χ4v) is 2.30. The average molecular weight is 238 g/mol. The van der Waals surface area contributed by atoms with Crippen LogP contribution in [0.25, 0.3) is 0 Å². The summed E-state index contributed by atoms with van der Waals surface area (Å²) in [4.78, 5) is 1.92. The van der Waals surface area contributed by atoms with E-state index < -0.39 is 12.1 Å². The molecule has 2 heterocycles. The van der Waals surface area contributed by atoms with Crippen molar-refractivity contribution in [1.82, 2.24) is 10.2 Å². The van der Waals surface area contributed by atoms with Crippen molar-refractivity contribution in [2.24, 2.45) is 5.92 Å². The molecule has 0 saturated carbocycles. The van der Waals surface area contributed by atoms with Crippen molar-refractivity contribution in [3.05, 3.63) is 0 Å². The Kier molecular flexibility index (Phi) is 3.71. The van der Waals surface area contributed by atoms with E-state index in [4.69, 9.17) is 4.74 Å². The predicted molar refractivity (Wildman–Crippen MR) is 53.2 cm³/mol. The van der Waals surface area contributed by atoms with Crippen LogP contribution in [0.15, 0.2) is 0 Å². The van der Waals surface area contributed by atoms with Crippen LogP contribution >= 0.6 is 0 Å². The molecule has 1 N–H and O–H groups in total. The van der Waals surface area contributed by atoms with E-state index in [-0.39, 0.29) is 19.1 Å².